The number of aromatic nitrogens is 2. The van der Waals surface area contributed by atoms with Crippen molar-refractivity contribution in [2.75, 3.05) is 19.3 Å². The average Bonchev–Trinajstić information content (AvgIpc) is 2.27. The highest BCUT2D eigenvalue weighted by molar-refractivity contribution is 7.90. The first-order valence-electron chi connectivity index (χ1n) is 5.96. The Morgan fingerprint density at radius 1 is 1.44 bits per heavy atom. The van der Waals surface area contributed by atoms with Gasteiger partial charge in [0.1, 0.15) is 0 Å². The van der Waals surface area contributed by atoms with Crippen LogP contribution in [0.5, 0.6) is 0 Å². The van der Waals surface area contributed by atoms with E-state index in [-0.39, 0.29) is 10.7 Å². The molecule has 1 aliphatic heterocycles. The second-order valence-electron chi connectivity index (χ2n) is 4.59. The van der Waals surface area contributed by atoms with Crippen LogP contribution in [0.1, 0.15) is 24.6 Å². The van der Waals surface area contributed by atoms with Crippen molar-refractivity contribution in [2.24, 2.45) is 0 Å². The number of nitrogens with zero attached hydrogens (tertiary/aromatic N) is 2. The zero-order valence-electron chi connectivity index (χ0n) is 10.6. The van der Waals surface area contributed by atoms with Gasteiger partial charge in [0.2, 0.25) is 15.0 Å². The first kappa shape index (κ1) is 13.2. The quantitative estimate of drug-likeness (QED) is 0.779. The topological polar surface area (TPSA) is 83.1 Å². The highest BCUT2D eigenvalue weighted by Crippen LogP contribution is 2.14. The summed E-state index contributed by atoms with van der Waals surface area (Å²) in [5, 5.41) is -0.232. The number of H-pyrrole nitrogens is 1. The van der Waals surface area contributed by atoms with Crippen molar-refractivity contribution >= 4 is 9.84 Å². The molecule has 0 unspecified atom stereocenters. The number of rotatable bonds is 3. The Balaban J connectivity index is 2.43. The Morgan fingerprint density at radius 2 is 2.17 bits per heavy atom. The molecule has 1 aliphatic rings. The van der Waals surface area contributed by atoms with Crippen LogP contribution in [0.15, 0.2) is 9.95 Å². The first-order valence-corrected chi connectivity index (χ1v) is 7.85. The van der Waals surface area contributed by atoms with Gasteiger partial charge in [-0.15, -0.1) is 0 Å². The van der Waals surface area contributed by atoms with E-state index in [1.807, 2.05) is 0 Å². The number of hydrogen-bond donors (Lipinski definition) is 1. The number of nitrogens with one attached hydrogen (secondary N) is 1. The van der Waals surface area contributed by atoms with E-state index in [0.717, 1.165) is 25.8 Å². The molecule has 0 aliphatic carbocycles. The van der Waals surface area contributed by atoms with Crippen molar-refractivity contribution in [3.05, 3.63) is 21.6 Å². The van der Waals surface area contributed by atoms with E-state index in [2.05, 4.69) is 21.8 Å². The van der Waals surface area contributed by atoms with Crippen LogP contribution in [-0.4, -0.2) is 42.6 Å². The molecule has 0 amide bonds. The maximum atomic E-state index is 11.8. The Hall–Kier alpha value is -1.21. The lowest BCUT2D eigenvalue weighted by atomic mass is 10.1. The van der Waals surface area contributed by atoms with E-state index in [4.69, 9.17) is 0 Å². The van der Waals surface area contributed by atoms with Gasteiger partial charge >= 0.3 is 0 Å². The fourth-order valence-electron chi connectivity index (χ4n) is 2.15. The van der Waals surface area contributed by atoms with Gasteiger partial charge in [0.15, 0.2) is 0 Å². The van der Waals surface area contributed by atoms with Gasteiger partial charge in [-0.05, 0) is 19.4 Å². The summed E-state index contributed by atoms with van der Waals surface area (Å²) < 4.78 is 22.9. The minimum Gasteiger partial charge on any atom is -0.297 e. The molecule has 0 fully saturated rings. The molecule has 1 aromatic heterocycles. The Bertz CT molecular complexity index is 606. The third kappa shape index (κ3) is 2.62. The molecule has 0 aromatic carbocycles. The summed E-state index contributed by atoms with van der Waals surface area (Å²) in [5.41, 5.74) is 0.894. The van der Waals surface area contributed by atoms with Crippen molar-refractivity contribution in [2.45, 2.75) is 31.5 Å². The van der Waals surface area contributed by atoms with Crippen molar-refractivity contribution < 1.29 is 8.42 Å². The van der Waals surface area contributed by atoms with Gasteiger partial charge in [-0.2, -0.15) is 0 Å². The average molecular weight is 271 g/mol. The lowest BCUT2D eigenvalue weighted by Crippen LogP contribution is -2.36. The van der Waals surface area contributed by atoms with Crippen molar-refractivity contribution in [1.82, 2.24) is 14.9 Å². The largest absolute Gasteiger partial charge is 0.297 e. The van der Waals surface area contributed by atoms with Crippen LogP contribution in [0, 0.1) is 0 Å². The van der Waals surface area contributed by atoms with Gasteiger partial charge in [0, 0.05) is 24.9 Å². The molecule has 0 saturated heterocycles. The third-order valence-electron chi connectivity index (χ3n) is 3.02. The summed E-state index contributed by atoms with van der Waals surface area (Å²) in [4.78, 5) is 20.4. The fourth-order valence-corrected chi connectivity index (χ4v) is 2.71. The molecule has 6 nitrogen and oxygen atoms in total. The lowest BCUT2D eigenvalue weighted by molar-refractivity contribution is 0.248. The van der Waals surface area contributed by atoms with E-state index in [1.54, 1.807) is 0 Å². The second-order valence-corrected chi connectivity index (χ2v) is 6.53. The Morgan fingerprint density at radius 3 is 2.78 bits per heavy atom. The van der Waals surface area contributed by atoms with Gasteiger partial charge in [0.25, 0.3) is 5.56 Å². The number of hydrogen-bond acceptors (Lipinski definition) is 5. The number of aromatic amines is 1. The SMILES string of the molecule is CCCN1CCc2c(nc(S(C)(=O)=O)[nH]c2=O)C1. The zero-order valence-corrected chi connectivity index (χ0v) is 11.4. The van der Waals surface area contributed by atoms with Crippen molar-refractivity contribution in [3.8, 4) is 0 Å². The standard InChI is InChI=1S/C11H17N3O3S/c1-3-5-14-6-4-8-9(7-14)12-11(13-10(8)15)18(2,16)17/h3-7H2,1-2H3,(H,12,13,15). The highest BCUT2D eigenvalue weighted by Gasteiger charge is 2.22. The predicted octanol–water partition coefficient (Wildman–Crippen LogP) is -0.0585. The Labute approximate surface area is 106 Å². The van der Waals surface area contributed by atoms with Gasteiger partial charge in [-0.25, -0.2) is 13.4 Å². The molecule has 0 radical (unpaired) electrons. The molecule has 18 heavy (non-hydrogen) atoms. The van der Waals surface area contributed by atoms with Gasteiger partial charge in [-0.3, -0.25) is 14.7 Å². The molecule has 0 saturated carbocycles. The molecule has 0 spiro atoms. The van der Waals surface area contributed by atoms with Gasteiger partial charge in [-0.1, -0.05) is 6.92 Å². The maximum Gasteiger partial charge on any atom is 0.255 e. The van der Waals surface area contributed by atoms with E-state index < -0.39 is 9.84 Å². The van der Waals surface area contributed by atoms with Crippen LogP contribution < -0.4 is 5.56 Å². The maximum absolute atomic E-state index is 11.8. The molecule has 1 aromatic rings. The summed E-state index contributed by atoms with van der Waals surface area (Å²) in [5.74, 6) is 0. The summed E-state index contributed by atoms with van der Waals surface area (Å²) >= 11 is 0. The molecule has 2 rings (SSSR count). The van der Waals surface area contributed by atoms with E-state index in [0.29, 0.717) is 24.2 Å². The molecular weight excluding hydrogens is 254 g/mol. The van der Waals surface area contributed by atoms with Gasteiger partial charge < -0.3 is 0 Å². The van der Waals surface area contributed by atoms with E-state index >= 15 is 0 Å². The van der Waals surface area contributed by atoms with Crippen LogP contribution in [0.4, 0.5) is 0 Å². The number of fused-ring (bicyclic) bond motifs is 1. The Kier molecular flexibility index (Phi) is 3.54. The lowest BCUT2D eigenvalue weighted by Gasteiger charge is -2.26. The summed E-state index contributed by atoms with van der Waals surface area (Å²) in [6.07, 6.45) is 2.70. The summed E-state index contributed by atoms with van der Waals surface area (Å²) in [7, 11) is -3.47. The molecule has 100 valence electrons. The van der Waals surface area contributed by atoms with Gasteiger partial charge in [0.05, 0.1) is 5.69 Å². The molecule has 0 atom stereocenters. The second kappa shape index (κ2) is 4.81. The summed E-state index contributed by atoms with van der Waals surface area (Å²) in [6, 6.07) is 0. The van der Waals surface area contributed by atoms with E-state index in [9.17, 15) is 13.2 Å². The zero-order chi connectivity index (χ0) is 13.3. The highest BCUT2D eigenvalue weighted by atomic mass is 32.2. The van der Waals surface area contributed by atoms with Crippen LogP contribution in [0.25, 0.3) is 0 Å². The monoisotopic (exact) mass is 271 g/mol. The summed E-state index contributed by atoms with van der Waals surface area (Å²) in [6.45, 7) is 4.39. The fraction of sp³-hybridized carbons (Fsp3) is 0.636. The van der Waals surface area contributed by atoms with E-state index in [1.165, 1.54) is 0 Å². The van der Waals surface area contributed by atoms with Crippen molar-refractivity contribution in [1.29, 1.82) is 0 Å². The molecule has 2 heterocycles. The van der Waals surface area contributed by atoms with Crippen LogP contribution in [-0.2, 0) is 22.8 Å². The van der Waals surface area contributed by atoms with Crippen LogP contribution >= 0.6 is 0 Å². The smallest absolute Gasteiger partial charge is 0.255 e. The minimum absolute atomic E-state index is 0.232. The van der Waals surface area contributed by atoms with Crippen LogP contribution in [0.3, 0.4) is 0 Å². The van der Waals surface area contributed by atoms with Crippen molar-refractivity contribution in [3.63, 3.8) is 0 Å². The molecular formula is C11H17N3O3S. The number of sulfone groups is 1. The molecule has 1 N–H and O–H groups in total. The van der Waals surface area contributed by atoms with Crippen LogP contribution in [0.2, 0.25) is 0 Å². The molecule has 0 bridgehead atoms. The minimum atomic E-state index is -3.47. The molecule has 7 heteroatoms. The predicted molar refractivity (Wildman–Crippen MR) is 67.2 cm³/mol. The third-order valence-corrected chi connectivity index (χ3v) is 3.92. The first-order chi connectivity index (χ1) is 8.41. The normalized spacial score (nSPS) is 16.6.